The lowest BCUT2D eigenvalue weighted by Crippen LogP contribution is -2.13. The lowest BCUT2D eigenvalue weighted by atomic mass is 10.1. The molecule has 0 spiro atoms. The van der Waals surface area contributed by atoms with Crippen molar-refractivity contribution in [1.29, 1.82) is 0 Å². The summed E-state index contributed by atoms with van der Waals surface area (Å²) >= 11 is 0. The third kappa shape index (κ3) is 2.69. The van der Waals surface area contributed by atoms with Gasteiger partial charge >= 0.3 is 5.97 Å². The maximum atomic E-state index is 12.1. The molecular formula is C14H15N3O3. The molecule has 0 radical (unpaired) electrons. The Balaban J connectivity index is 2.20. The fourth-order valence-corrected chi connectivity index (χ4v) is 1.82. The number of hydrogen-bond acceptors (Lipinski definition) is 4. The summed E-state index contributed by atoms with van der Waals surface area (Å²) in [5, 5.41) is 9.30. The molecule has 0 aliphatic rings. The van der Waals surface area contributed by atoms with Crippen LogP contribution in [0.15, 0.2) is 24.4 Å². The van der Waals surface area contributed by atoms with E-state index in [0.717, 1.165) is 5.56 Å². The van der Waals surface area contributed by atoms with Gasteiger partial charge in [0, 0.05) is 11.4 Å². The Labute approximate surface area is 116 Å². The number of carbonyl (C=O) groups is 2. The number of H-pyrrole nitrogens is 1. The highest BCUT2D eigenvalue weighted by molar-refractivity contribution is 6.05. The average molecular weight is 273 g/mol. The monoisotopic (exact) mass is 273 g/mol. The molecule has 0 saturated carbocycles. The molecule has 0 atom stereocenters. The van der Waals surface area contributed by atoms with Crippen LogP contribution in [0.1, 0.15) is 32.0 Å². The number of nitrogens with zero attached hydrogens (tertiary/aromatic N) is 1. The molecule has 2 rings (SSSR count). The molecule has 0 unspecified atom stereocenters. The minimum Gasteiger partial charge on any atom is -0.465 e. The maximum absolute atomic E-state index is 12.1. The Kier molecular flexibility index (Phi) is 3.84. The number of aryl methyl sites for hydroxylation is 2. The van der Waals surface area contributed by atoms with E-state index in [9.17, 15) is 9.59 Å². The van der Waals surface area contributed by atoms with Crippen LogP contribution in [0.4, 0.5) is 5.69 Å². The van der Waals surface area contributed by atoms with E-state index in [2.05, 4.69) is 20.3 Å². The smallest absolute Gasteiger partial charge is 0.337 e. The topological polar surface area (TPSA) is 84.1 Å². The highest BCUT2D eigenvalue weighted by Crippen LogP contribution is 2.18. The van der Waals surface area contributed by atoms with Crippen molar-refractivity contribution in [2.45, 2.75) is 13.8 Å². The molecule has 104 valence electrons. The predicted octanol–water partition coefficient (Wildman–Crippen LogP) is 2.07. The lowest BCUT2D eigenvalue weighted by Gasteiger charge is -2.09. The number of anilines is 1. The Morgan fingerprint density at radius 3 is 2.60 bits per heavy atom. The quantitative estimate of drug-likeness (QED) is 0.838. The number of carbonyl (C=O) groups excluding carboxylic acids is 2. The number of rotatable bonds is 3. The van der Waals surface area contributed by atoms with Crippen molar-refractivity contribution in [2.75, 3.05) is 12.4 Å². The number of aromatic nitrogens is 2. The van der Waals surface area contributed by atoms with Crippen molar-refractivity contribution in [3.8, 4) is 0 Å². The van der Waals surface area contributed by atoms with Crippen LogP contribution in [-0.2, 0) is 4.74 Å². The van der Waals surface area contributed by atoms with Crippen molar-refractivity contribution < 1.29 is 14.3 Å². The van der Waals surface area contributed by atoms with Crippen LogP contribution in [0.5, 0.6) is 0 Å². The number of benzene rings is 1. The van der Waals surface area contributed by atoms with Crippen LogP contribution in [-0.4, -0.2) is 29.2 Å². The van der Waals surface area contributed by atoms with Crippen molar-refractivity contribution in [1.82, 2.24) is 10.2 Å². The molecular weight excluding hydrogens is 258 g/mol. The summed E-state index contributed by atoms with van der Waals surface area (Å²) in [7, 11) is 1.33. The number of aromatic amines is 1. The molecule has 1 aromatic carbocycles. The zero-order valence-corrected chi connectivity index (χ0v) is 11.5. The van der Waals surface area contributed by atoms with Gasteiger partial charge in [0.25, 0.3) is 5.91 Å². The van der Waals surface area contributed by atoms with Gasteiger partial charge in [-0.1, -0.05) is 0 Å². The van der Waals surface area contributed by atoms with Crippen LogP contribution in [0.2, 0.25) is 0 Å². The second-order valence-corrected chi connectivity index (χ2v) is 4.38. The number of nitrogens with one attached hydrogen (secondary N) is 2. The molecule has 0 fully saturated rings. The number of ether oxygens (including phenoxy) is 1. The largest absolute Gasteiger partial charge is 0.465 e. The molecule has 20 heavy (non-hydrogen) atoms. The molecule has 0 aliphatic heterocycles. The van der Waals surface area contributed by atoms with Gasteiger partial charge in [0.1, 0.15) is 0 Å². The fraction of sp³-hybridized carbons (Fsp3) is 0.214. The van der Waals surface area contributed by atoms with Crippen molar-refractivity contribution in [2.24, 2.45) is 0 Å². The van der Waals surface area contributed by atoms with E-state index in [1.807, 2.05) is 6.92 Å². The number of amides is 1. The van der Waals surface area contributed by atoms with E-state index in [0.29, 0.717) is 22.5 Å². The molecule has 0 saturated heterocycles. The van der Waals surface area contributed by atoms with E-state index < -0.39 is 5.97 Å². The normalized spacial score (nSPS) is 10.2. The van der Waals surface area contributed by atoms with Gasteiger partial charge in [-0.15, -0.1) is 0 Å². The van der Waals surface area contributed by atoms with E-state index in [1.54, 1.807) is 25.1 Å². The molecule has 1 amide bonds. The summed E-state index contributed by atoms with van der Waals surface area (Å²) in [5.74, 6) is -0.651. The average Bonchev–Trinajstić information content (AvgIpc) is 2.86. The van der Waals surface area contributed by atoms with Gasteiger partial charge in [0.15, 0.2) is 0 Å². The van der Waals surface area contributed by atoms with Crippen LogP contribution in [0, 0.1) is 13.8 Å². The predicted molar refractivity (Wildman–Crippen MR) is 73.8 cm³/mol. The van der Waals surface area contributed by atoms with Gasteiger partial charge < -0.3 is 10.1 Å². The van der Waals surface area contributed by atoms with Crippen LogP contribution < -0.4 is 5.32 Å². The summed E-state index contributed by atoms with van der Waals surface area (Å²) in [6.45, 7) is 3.58. The minimum atomic E-state index is -0.406. The zero-order chi connectivity index (χ0) is 14.7. The SMILES string of the molecule is COC(=O)c1ccc(NC(=O)c2cn[nH]c2C)c(C)c1. The molecule has 2 N–H and O–H groups in total. The van der Waals surface area contributed by atoms with Gasteiger partial charge in [-0.25, -0.2) is 4.79 Å². The minimum absolute atomic E-state index is 0.245. The van der Waals surface area contributed by atoms with Crippen LogP contribution in [0.25, 0.3) is 0 Å². The van der Waals surface area contributed by atoms with Gasteiger partial charge in [-0.2, -0.15) is 5.10 Å². The molecule has 1 heterocycles. The lowest BCUT2D eigenvalue weighted by molar-refractivity contribution is 0.0600. The number of hydrogen-bond donors (Lipinski definition) is 2. The summed E-state index contributed by atoms with van der Waals surface area (Å²) in [6, 6.07) is 4.95. The second kappa shape index (κ2) is 5.56. The standard InChI is InChI=1S/C14H15N3O3/c1-8-6-10(14(19)20-3)4-5-12(8)16-13(18)11-7-15-17-9(11)2/h4-7H,1-3H3,(H,15,17)(H,16,18). The van der Waals surface area contributed by atoms with Gasteiger partial charge in [0.05, 0.1) is 24.4 Å². The van der Waals surface area contributed by atoms with Gasteiger partial charge in [0.2, 0.25) is 0 Å². The number of methoxy groups -OCH3 is 1. The molecule has 2 aromatic rings. The molecule has 1 aromatic heterocycles. The Hall–Kier alpha value is -2.63. The summed E-state index contributed by atoms with van der Waals surface area (Å²) in [5.41, 5.74) is 3.06. The van der Waals surface area contributed by atoms with Gasteiger partial charge in [-0.05, 0) is 37.6 Å². The molecule has 6 heteroatoms. The zero-order valence-electron chi connectivity index (χ0n) is 11.5. The molecule has 6 nitrogen and oxygen atoms in total. The third-order valence-electron chi connectivity index (χ3n) is 2.97. The Morgan fingerprint density at radius 2 is 2.05 bits per heavy atom. The van der Waals surface area contributed by atoms with Gasteiger partial charge in [-0.3, -0.25) is 9.89 Å². The molecule has 0 bridgehead atoms. The van der Waals surface area contributed by atoms with Crippen LogP contribution in [0.3, 0.4) is 0 Å². The summed E-state index contributed by atoms with van der Waals surface area (Å²) in [6.07, 6.45) is 1.48. The maximum Gasteiger partial charge on any atom is 0.337 e. The number of esters is 1. The first-order chi connectivity index (χ1) is 9.52. The van der Waals surface area contributed by atoms with Crippen LogP contribution >= 0.6 is 0 Å². The highest BCUT2D eigenvalue weighted by Gasteiger charge is 2.13. The third-order valence-corrected chi connectivity index (χ3v) is 2.97. The van der Waals surface area contributed by atoms with Crippen molar-refractivity contribution in [3.63, 3.8) is 0 Å². The Morgan fingerprint density at radius 1 is 1.30 bits per heavy atom. The first kappa shape index (κ1) is 13.8. The van der Waals surface area contributed by atoms with E-state index >= 15 is 0 Å². The highest BCUT2D eigenvalue weighted by atomic mass is 16.5. The summed E-state index contributed by atoms with van der Waals surface area (Å²) < 4.78 is 4.65. The van der Waals surface area contributed by atoms with Crippen molar-refractivity contribution in [3.05, 3.63) is 46.8 Å². The first-order valence-corrected chi connectivity index (χ1v) is 6.03. The van der Waals surface area contributed by atoms with E-state index in [4.69, 9.17) is 0 Å². The van der Waals surface area contributed by atoms with E-state index in [1.165, 1.54) is 13.3 Å². The van der Waals surface area contributed by atoms with Crippen molar-refractivity contribution >= 4 is 17.6 Å². The molecule has 0 aliphatic carbocycles. The fourth-order valence-electron chi connectivity index (χ4n) is 1.82. The summed E-state index contributed by atoms with van der Waals surface area (Å²) in [4.78, 5) is 23.5. The second-order valence-electron chi connectivity index (χ2n) is 4.38. The van der Waals surface area contributed by atoms with E-state index in [-0.39, 0.29) is 5.91 Å². The Bertz CT molecular complexity index is 661. The first-order valence-electron chi connectivity index (χ1n) is 6.03.